The lowest BCUT2D eigenvalue weighted by Crippen LogP contribution is -2.12. The van der Waals surface area contributed by atoms with E-state index in [1.54, 1.807) is 30.3 Å². The van der Waals surface area contributed by atoms with Crippen molar-refractivity contribution in [2.24, 2.45) is 0 Å². The van der Waals surface area contributed by atoms with Crippen molar-refractivity contribution in [3.63, 3.8) is 0 Å². The van der Waals surface area contributed by atoms with Crippen LogP contribution in [0.1, 0.15) is 10.5 Å². The number of aromatic nitrogens is 2. The van der Waals surface area contributed by atoms with E-state index in [2.05, 4.69) is 15.3 Å². The number of nitrogens with zero attached hydrogens (tertiary/aromatic N) is 2. The van der Waals surface area contributed by atoms with E-state index in [0.717, 1.165) is 0 Å². The zero-order valence-corrected chi connectivity index (χ0v) is 13.7. The number of carbonyl (C=O) groups excluding carboxylic acids is 1. The number of benzene rings is 1. The van der Waals surface area contributed by atoms with Crippen molar-refractivity contribution < 1.29 is 9.21 Å². The van der Waals surface area contributed by atoms with E-state index in [1.807, 2.05) is 0 Å². The first-order valence-corrected chi connectivity index (χ1v) is 7.51. The molecule has 5 nitrogen and oxygen atoms in total. The van der Waals surface area contributed by atoms with Crippen LogP contribution in [0, 0.1) is 0 Å². The molecule has 1 amide bonds. The number of amides is 1. The summed E-state index contributed by atoms with van der Waals surface area (Å²) in [5.74, 6) is -0.207. The van der Waals surface area contributed by atoms with Gasteiger partial charge in [0.1, 0.15) is 6.26 Å². The Morgan fingerprint density at radius 3 is 2.70 bits per heavy atom. The van der Waals surface area contributed by atoms with Gasteiger partial charge < -0.3 is 9.73 Å². The normalized spacial score (nSPS) is 10.6. The first-order chi connectivity index (χ1) is 11.0. The van der Waals surface area contributed by atoms with Crippen molar-refractivity contribution in [1.82, 2.24) is 9.97 Å². The van der Waals surface area contributed by atoms with Gasteiger partial charge in [-0.15, -0.1) is 0 Å². The van der Waals surface area contributed by atoms with Crippen LogP contribution < -0.4 is 5.32 Å². The summed E-state index contributed by atoms with van der Waals surface area (Å²) < 4.78 is 5.31. The number of pyridine rings is 1. The van der Waals surface area contributed by atoms with Gasteiger partial charge in [-0.05, 0) is 30.3 Å². The smallest absolute Gasteiger partial charge is 0.277 e. The summed E-state index contributed by atoms with van der Waals surface area (Å²) in [6.07, 6.45) is 2.77. The number of anilines is 1. The molecule has 1 aromatic carbocycles. The van der Waals surface area contributed by atoms with Gasteiger partial charge in [-0.2, -0.15) is 0 Å². The Labute approximate surface area is 146 Å². The molecule has 1 N–H and O–H groups in total. The lowest BCUT2D eigenvalue weighted by atomic mass is 10.2. The molecule has 0 atom stereocenters. The molecule has 2 aromatic heterocycles. The molecular weight excluding hydrogens is 361 g/mol. The quantitative estimate of drug-likeness (QED) is 0.664. The van der Waals surface area contributed by atoms with Crippen LogP contribution in [-0.4, -0.2) is 15.9 Å². The van der Waals surface area contributed by atoms with E-state index in [1.165, 1.54) is 12.5 Å². The lowest BCUT2D eigenvalue weighted by Gasteiger charge is -2.03. The van der Waals surface area contributed by atoms with Gasteiger partial charge in [0.25, 0.3) is 5.91 Å². The van der Waals surface area contributed by atoms with Crippen LogP contribution in [-0.2, 0) is 0 Å². The second-order valence-electron chi connectivity index (χ2n) is 4.46. The molecule has 0 aliphatic rings. The molecular formula is C15H8Cl3N3O2. The zero-order chi connectivity index (χ0) is 16.4. The third kappa shape index (κ3) is 3.47. The summed E-state index contributed by atoms with van der Waals surface area (Å²) in [7, 11) is 0. The van der Waals surface area contributed by atoms with Crippen LogP contribution in [0.2, 0.25) is 15.2 Å². The number of halogens is 3. The number of oxazole rings is 1. The van der Waals surface area contributed by atoms with Crippen LogP contribution in [0.15, 0.2) is 47.2 Å². The fourth-order valence-electron chi connectivity index (χ4n) is 1.81. The van der Waals surface area contributed by atoms with Crippen molar-refractivity contribution in [3.05, 3.63) is 63.7 Å². The summed E-state index contributed by atoms with van der Waals surface area (Å²) in [6.45, 7) is 0. The van der Waals surface area contributed by atoms with Gasteiger partial charge in [-0.1, -0.05) is 34.8 Å². The monoisotopic (exact) mass is 367 g/mol. The molecule has 0 bridgehead atoms. The minimum absolute atomic E-state index is 0.103. The molecule has 0 saturated carbocycles. The lowest BCUT2D eigenvalue weighted by molar-refractivity contribution is 0.102. The maximum absolute atomic E-state index is 12.2. The van der Waals surface area contributed by atoms with E-state index < -0.39 is 5.91 Å². The van der Waals surface area contributed by atoms with E-state index in [0.29, 0.717) is 21.3 Å². The highest BCUT2D eigenvalue weighted by molar-refractivity contribution is 6.42. The summed E-state index contributed by atoms with van der Waals surface area (Å²) in [4.78, 5) is 20.2. The summed E-state index contributed by atoms with van der Waals surface area (Å²) >= 11 is 17.7. The molecule has 0 unspecified atom stereocenters. The third-order valence-corrected chi connectivity index (χ3v) is 3.95. The minimum atomic E-state index is -0.463. The summed E-state index contributed by atoms with van der Waals surface area (Å²) in [6, 6.07) is 8.21. The maximum Gasteiger partial charge on any atom is 0.277 e. The van der Waals surface area contributed by atoms with Crippen LogP contribution in [0.3, 0.4) is 0 Å². The van der Waals surface area contributed by atoms with E-state index in [9.17, 15) is 4.79 Å². The number of rotatable bonds is 3. The number of hydrogen-bond acceptors (Lipinski definition) is 4. The van der Waals surface area contributed by atoms with Gasteiger partial charge in [0.05, 0.1) is 15.7 Å². The van der Waals surface area contributed by atoms with Crippen molar-refractivity contribution in [2.45, 2.75) is 0 Å². The average Bonchev–Trinajstić information content (AvgIpc) is 3.02. The Morgan fingerprint density at radius 2 is 1.96 bits per heavy atom. The standard InChI is InChI=1S/C15H8Cl3N3O2/c16-9-4-3-8(6-10(9)17)15-21-12(7-23-15)14(22)20-11-2-1-5-19-13(11)18/h1-7H,(H,20,22). The van der Waals surface area contributed by atoms with Gasteiger partial charge >= 0.3 is 0 Å². The highest BCUT2D eigenvalue weighted by Gasteiger charge is 2.15. The predicted octanol–water partition coefficient (Wildman–Crippen LogP) is 4.95. The average molecular weight is 369 g/mol. The fourth-order valence-corrected chi connectivity index (χ4v) is 2.27. The predicted molar refractivity (Wildman–Crippen MR) is 89.2 cm³/mol. The van der Waals surface area contributed by atoms with Crippen molar-refractivity contribution in [3.8, 4) is 11.5 Å². The number of hydrogen-bond donors (Lipinski definition) is 1. The minimum Gasteiger partial charge on any atom is -0.444 e. The van der Waals surface area contributed by atoms with Crippen LogP contribution in [0.5, 0.6) is 0 Å². The van der Waals surface area contributed by atoms with Gasteiger partial charge in [-0.3, -0.25) is 4.79 Å². The molecule has 0 fully saturated rings. The zero-order valence-electron chi connectivity index (χ0n) is 11.4. The largest absolute Gasteiger partial charge is 0.444 e. The highest BCUT2D eigenvalue weighted by atomic mass is 35.5. The first-order valence-electron chi connectivity index (χ1n) is 6.37. The second-order valence-corrected chi connectivity index (χ2v) is 5.64. The Balaban J connectivity index is 1.82. The second kappa shape index (κ2) is 6.58. The molecule has 0 aliphatic heterocycles. The van der Waals surface area contributed by atoms with Crippen LogP contribution >= 0.6 is 34.8 Å². The number of nitrogens with one attached hydrogen (secondary N) is 1. The van der Waals surface area contributed by atoms with E-state index >= 15 is 0 Å². The molecule has 3 rings (SSSR count). The van der Waals surface area contributed by atoms with Gasteiger partial charge in [-0.25, -0.2) is 9.97 Å². The molecule has 8 heteroatoms. The van der Waals surface area contributed by atoms with Crippen LogP contribution in [0.25, 0.3) is 11.5 Å². The Bertz CT molecular complexity index is 880. The van der Waals surface area contributed by atoms with Crippen LogP contribution in [0.4, 0.5) is 5.69 Å². The number of carbonyl (C=O) groups is 1. The highest BCUT2D eigenvalue weighted by Crippen LogP contribution is 2.28. The summed E-state index contributed by atoms with van der Waals surface area (Å²) in [5, 5.41) is 3.59. The molecule has 0 radical (unpaired) electrons. The molecule has 0 saturated heterocycles. The molecule has 2 heterocycles. The third-order valence-electron chi connectivity index (χ3n) is 2.91. The topological polar surface area (TPSA) is 68.0 Å². The molecule has 116 valence electrons. The Morgan fingerprint density at radius 1 is 1.13 bits per heavy atom. The summed E-state index contributed by atoms with van der Waals surface area (Å²) in [5.41, 5.74) is 1.10. The van der Waals surface area contributed by atoms with Crippen molar-refractivity contribution in [1.29, 1.82) is 0 Å². The van der Waals surface area contributed by atoms with Gasteiger partial charge in [0, 0.05) is 11.8 Å². The Hall–Kier alpha value is -2.08. The van der Waals surface area contributed by atoms with Gasteiger partial charge in [0.2, 0.25) is 5.89 Å². The Kier molecular flexibility index (Phi) is 4.52. The first kappa shape index (κ1) is 15.8. The molecule has 0 spiro atoms. The molecule has 3 aromatic rings. The van der Waals surface area contributed by atoms with Crippen molar-refractivity contribution >= 4 is 46.4 Å². The molecule has 23 heavy (non-hydrogen) atoms. The molecule has 0 aliphatic carbocycles. The maximum atomic E-state index is 12.2. The van der Waals surface area contributed by atoms with E-state index in [-0.39, 0.29) is 16.7 Å². The fraction of sp³-hybridized carbons (Fsp3) is 0. The SMILES string of the molecule is O=C(Nc1cccnc1Cl)c1coc(-c2ccc(Cl)c(Cl)c2)n1. The van der Waals surface area contributed by atoms with Crippen molar-refractivity contribution in [2.75, 3.05) is 5.32 Å². The van der Waals surface area contributed by atoms with E-state index in [4.69, 9.17) is 39.2 Å². The van der Waals surface area contributed by atoms with Gasteiger partial charge in [0.15, 0.2) is 10.8 Å².